The molecule has 5 nitrogen and oxygen atoms in total. The van der Waals surface area contributed by atoms with Gasteiger partial charge in [0.15, 0.2) is 0 Å². The number of hydrazine groups is 1. The summed E-state index contributed by atoms with van der Waals surface area (Å²) in [5.74, 6) is 0.0296. The Bertz CT molecular complexity index is 714. The summed E-state index contributed by atoms with van der Waals surface area (Å²) in [4.78, 5) is 22.5. The van der Waals surface area contributed by atoms with Gasteiger partial charge in [0, 0.05) is 17.5 Å². The largest absolute Gasteiger partial charge is 0.489 e. The second-order valence-electron chi connectivity index (χ2n) is 5.03. The number of ether oxygens (including phenoxy) is 1. The Morgan fingerprint density at radius 1 is 1.09 bits per heavy atom. The van der Waals surface area contributed by atoms with Gasteiger partial charge < -0.3 is 4.74 Å². The van der Waals surface area contributed by atoms with Crippen LogP contribution in [0, 0.1) is 6.92 Å². The zero-order valence-electron chi connectivity index (χ0n) is 12.9. The highest BCUT2D eigenvalue weighted by molar-refractivity contribution is 6.31. The lowest BCUT2D eigenvalue weighted by Gasteiger charge is -2.09. The number of carbonyl (C=O) groups is 2. The van der Waals surface area contributed by atoms with Gasteiger partial charge in [-0.1, -0.05) is 23.7 Å². The number of rotatable bonds is 4. The molecule has 6 heteroatoms. The van der Waals surface area contributed by atoms with E-state index in [1.165, 1.54) is 6.92 Å². The van der Waals surface area contributed by atoms with Crippen molar-refractivity contribution in [1.82, 2.24) is 10.9 Å². The molecule has 0 aliphatic rings. The molecular formula is C17H17ClN2O3. The first-order chi connectivity index (χ1) is 11.0. The molecule has 2 rings (SSSR count). The normalized spacial score (nSPS) is 10.0. The van der Waals surface area contributed by atoms with Crippen molar-refractivity contribution < 1.29 is 14.3 Å². The van der Waals surface area contributed by atoms with Gasteiger partial charge >= 0.3 is 0 Å². The molecule has 0 heterocycles. The van der Waals surface area contributed by atoms with Gasteiger partial charge in [-0.25, -0.2) is 0 Å². The van der Waals surface area contributed by atoms with Gasteiger partial charge in [-0.05, 0) is 48.4 Å². The second kappa shape index (κ2) is 7.65. The zero-order chi connectivity index (χ0) is 16.8. The lowest BCUT2D eigenvalue weighted by molar-refractivity contribution is -0.119. The molecule has 0 saturated carbocycles. The highest BCUT2D eigenvalue weighted by Crippen LogP contribution is 2.21. The predicted molar refractivity (Wildman–Crippen MR) is 88.2 cm³/mol. The number of halogens is 1. The Balaban J connectivity index is 1.93. The number of hydrogen-bond donors (Lipinski definition) is 2. The number of nitrogens with one attached hydrogen (secondary N) is 2. The van der Waals surface area contributed by atoms with E-state index in [0.29, 0.717) is 17.2 Å². The lowest BCUT2D eigenvalue weighted by atomic mass is 10.1. The van der Waals surface area contributed by atoms with Gasteiger partial charge in [0.25, 0.3) is 5.91 Å². The van der Waals surface area contributed by atoms with Crippen LogP contribution in [0.5, 0.6) is 5.75 Å². The van der Waals surface area contributed by atoms with E-state index < -0.39 is 0 Å². The Hall–Kier alpha value is -2.53. The minimum absolute atomic E-state index is 0.332. The molecular weight excluding hydrogens is 316 g/mol. The number of amides is 2. The molecule has 0 aliphatic carbocycles. The van der Waals surface area contributed by atoms with E-state index in [1.54, 1.807) is 30.3 Å². The van der Waals surface area contributed by atoms with Crippen LogP contribution in [0.4, 0.5) is 0 Å². The minimum Gasteiger partial charge on any atom is -0.489 e. The summed E-state index contributed by atoms with van der Waals surface area (Å²) in [7, 11) is 0. The van der Waals surface area contributed by atoms with Crippen molar-refractivity contribution in [2.45, 2.75) is 20.5 Å². The Kier molecular flexibility index (Phi) is 5.60. The molecule has 2 amide bonds. The SMILES string of the molecule is CC(=O)NNC(=O)c1ccc(COc2ccc(Cl)c(C)c2)cc1. The average Bonchev–Trinajstić information content (AvgIpc) is 2.54. The fourth-order valence-corrected chi connectivity index (χ4v) is 1.96. The summed E-state index contributed by atoms with van der Waals surface area (Å²) in [6.45, 7) is 3.62. The molecule has 0 atom stereocenters. The van der Waals surface area contributed by atoms with Crippen molar-refractivity contribution in [3.05, 3.63) is 64.2 Å². The van der Waals surface area contributed by atoms with E-state index in [2.05, 4.69) is 10.9 Å². The van der Waals surface area contributed by atoms with Gasteiger partial charge in [0.05, 0.1) is 0 Å². The third kappa shape index (κ3) is 5.00. The standard InChI is InChI=1S/C17H17ClN2O3/c1-11-9-15(7-8-16(11)18)23-10-13-3-5-14(6-4-13)17(22)20-19-12(2)21/h3-9H,10H2,1-2H3,(H,19,21)(H,20,22). The van der Waals surface area contributed by atoms with Crippen LogP contribution >= 0.6 is 11.6 Å². The molecule has 0 bridgehead atoms. The molecule has 0 saturated heterocycles. The topological polar surface area (TPSA) is 67.4 Å². The summed E-state index contributed by atoms with van der Waals surface area (Å²) >= 11 is 5.97. The van der Waals surface area contributed by atoms with Crippen molar-refractivity contribution in [2.24, 2.45) is 0 Å². The van der Waals surface area contributed by atoms with Gasteiger partial charge in [0.1, 0.15) is 12.4 Å². The molecule has 0 aliphatic heterocycles. The number of benzene rings is 2. The highest BCUT2D eigenvalue weighted by atomic mass is 35.5. The monoisotopic (exact) mass is 332 g/mol. The van der Waals surface area contributed by atoms with Crippen molar-refractivity contribution in [3.63, 3.8) is 0 Å². The number of aryl methyl sites for hydroxylation is 1. The minimum atomic E-state index is -0.374. The lowest BCUT2D eigenvalue weighted by Crippen LogP contribution is -2.40. The maximum absolute atomic E-state index is 11.7. The molecule has 0 radical (unpaired) electrons. The Morgan fingerprint density at radius 3 is 2.39 bits per heavy atom. The Morgan fingerprint density at radius 2 is 1.78 bits per heavy atom. The average molecular weight is 333 g/mol. The molecule has 23 heavy (non-hydrogen) atoms. The first-order valence-corrected chi connectivity index (χ1v) is 7.38. The third-order valence-electron chi connectivity index (χ3n) is 3.10. The first kappa shape index (κ1) is 16.8. The van der Waals surface area contributed by atoms with Crippen molar-refractivity contribution in [1.29, 1.82) is 0 Å². The van der Waals surface area contributed by atoms with Crippen LogP contribution in [0.3, 0.4) is 0 Å². The van der Waals surface area contributed by atoms with Crippen LogP contribution in [0.2, 0.25) is 5.02 Å². The summed E-state index contributed by atoms with van der Waals surface area (Å²) < 4.78 is 5.69. The van der Waals surface area contributed by atoms with Crippen LogP contribution in [-0.2, 0) is 11.4 Å². The number of hydrogen-bond acceptors (Lipinski definition) is 3. The van der Waals surface area contributed by atoms with E-state index in [-0.39, 0.29) is 11.8 Å². The highest BCUT2D eigenvalue weighted by Gasteiger charge is 2.06. The van der Waals surface area contributed by atoms with Crippen molar-refractivity contribution >= 4 is 23.4 Å². The van der Waals surface area contributed by atoms with Gasteiger partial charge in [-0.3, -0.25) is 20.4 Å². The fraction of sp³-hybridized carbons (Fsp3) is 0.176. The summed E-state index contributed by atoms with van der Waals surface area (Å²) in [5, 5.41) is 0.701. The molecule has 2 aromatic rings. The van der Waals surface area contributed by atoms with E-state index in [9.17, 15) is 9.59 Å². The Labute approximate surface area is 139 Å². The summed E-state index contributed by atoms with van der Waals surface area (Å²) in [6, 6.07) is 12.4. The van der Waals surface area contributed by atoms with Crippen molar-refractivity contribution in [3.8, 4) is 5.75 Å². The maximum atomic E-state index is 11.7. The smallest absolute Gasteiger partial charge is 0.269 e. The van der Waals surface area contributed by atoms with Crippen LogP contribution in [0.1, 0.15) is 28.4 Å². The van der Waals surface area contributed by atoms with Gasteiger partial charge in [0.2, 0.25) is 5.91 Å². The first-order valence-electron chi connectivity index (χ1n) is 7.00. The second-order valence-corrected chi connectivity index (χ2v) is 5.44. The molecule has 120 valence electrons. The molecule has 2 N–H and O–H groups in total. The van der Waals surface area contributed by atoms with E-state index in [4.69, 9.17) is 16.3 Å². The third-order valence-corrected chi connectivity index (χ3v) is 3.53. The molecule has 0 aromatic heterocycles. The van der Waals surface area contributed by atoms with Crippen LogP contribution in [0.25, 0.3) is 0 Å². The fourth-order valence-electron chi connectivity index (χ4n) is 1.84. The number of carbonyl (C=O) groups excluding carboxylic acids is 2. The summed E-state index contributed by atoms with van der Waals surface area (Å²) in [5.41, 5.74) is 6.87. The van der Waals surface area contributed by atoms with E-state index >= 15 is 0 Å². The van der Waals surface area contributed by atoms with Gasteiger partial charge in [-0.15, -0.1) is 0 Å². The van der Waals surface area contributed by atoms with Crippen LogP contribution in [-0.4, -0.2) is 11.8 Å². The van der Waals surface area contributed by atoms with E-state index in [0.717, 1.165) is 16.9 Å². The molecule has 0 fully saturated rings. The van der Waals surface area contributed by atoms with E-state index in [1.807, 2.05) is 19.1 Å². The predicted octanol–water partition coefficient (Wildman–Crippen LogP) is 3.01. The van der Waals surface area contributed by atoms with Crippen LogP contribution in [0.15, 0.2) is 42.5 Å². The van der Waals surface area contributed by atoms with Gasteiger partial charge in [-0.2, -0.15) is 0 Å². The zero-order valence-corrected chi connectivity index (χ0v) is 13.6. The summed E-state index contributed by atoms with van der Waals surface area (Å²) in [6.07, 6.45) is 0. The van der Waals surface area contributed by atoms with Crippen molar-refractivity contribution in [2.75, 3.05) is 0 Å². The molecule has 2 aromatic carbocycles. The van der Waals surface area contributed by atoms with Crippen LogP contribution < -0.4 is 15.6 Å². The maximum Gasteiger partial charge on any atom is 0.269 e. The quantitative estimate of drug-likeness (QED) is 0.846. The molecule has 0 unspecified atom stereocenters. The molecule has 0 spiro atoms.